The van der Waals surface area contributed by atoms with Crippen molar-refractivity contribution in [3.8, 4) is 11.4 Å². The Hall–Kier alpha value is -1.95. The largest absolute Gasteiger partial charge is 0.493 e. The Kier molecular flexibility index (Phi) is 4.11. The smallest absolute Gasteiger partial charge is 0.173 e. The normalized spacial score (nSPS) is 12.7. The number of tetrazole rings is 1. The van der Waals surface area contributed by atoms with Crippen molar-refractivity contribution in [3.63, 3.8) is 0 Å². The Morgan fingerprint density at radius 2 is 1.89 bits per heavy atom. The SMILES string of the molecule is CC(C)COc1ccc(-n2nnnc2C(C)N)cc1. The van der Waals surface area contributed by atoms with Gasteiger partial charge in [0.2, 0.25) is 0 Å². The maximum absolute atomic E-state index is 5.82. The monoisotopic (exact) mass is 261 g/mol. The summed E-state index contributed by atoms with van der Waals surface area (Å²) in [5.74, 6) is 1.98. The third-order valence-electron chi connectivity index (χ3n) is 2.57. The van der Waals surface area contributed by atoms with Gasteiger partial charge in [0.25, 0.3) is 0 Å². The highest BCUT2D eigenvalue weighted by Gasteiger charge is 2.11. The Labute approximate surface area is 112 Å². The molecule has 1 aromatic carbocycles. The van der Waals surface area contributed by atoms with Crippen molar-refractivity contribution in [2.24, 2.45) is 11.7 Å². The van der Waals surface area contributed by atoms with Gasteiger partial charge >= 0.3 is 0 Å². The summed E-state index contributed by atoms with van der Waals surface area (Å²) >= 11 is 0. The summed E-state index contributed by atoms with van der Waals surface area (Å²) in [6.07, 6.45) is 0. The van der Waals surface area contributed by atoms with Crippen molar-refractivity contribution in [2.45, 2.75) is 26.8 Å². The molecule has 6 nitrogen and oxygen atoms in total. The van der Waals surface area contributed by atoms with E-state index in [2.05, 4.69) is 29.4 Å². The van der Waals surface area contributed by atoms with Crippen LogP contribution in [0.1, 0.15) is 32.6 Å². The average Bonchev–Trinajstić information content (AvgIpc) is 2.86. The molecule has 0 amide bonds. The molecule has 0 aliphatic rings. The lowest BCUT2D eigenvalue weighted by atomic mass is 10.2. The minimum atomic E-state index is -0.216. The Bertz CT molecular complexity index is 518. The van der Waals surface area contributed by atoms with E-state index >= 15 is 0 Å². The predicted octanol–water partition coefficient (Wildman–Crippen LogP) is 1.72. The first-order valence-corrected chi connectivity index (χ1v) is 6.35. The van der Waals surface area contributed by atoms with Gasteiger partial charge in [0, 0.05) is 0 Å². The van der Waals surface area contributed by atoms with E-state index in [0.717, 1.165) is 11.4 Å². The van der Waals surface area contributed by atoms with E-state index in [4.69, 9.17) is 10.5 Å². The first kappa shape index (κ1) is 13.5. The minimum absolute atomic E-state index is 0.216. The van der Waals surface area contributed by atoms with Crippen molar-refractivity contribution in [2.75, 3.05) is 6.61 Å². The second-order valence-electron chi connectivity index (χ2n) is 4.94. The number of nitrogens with two attached hydrogens (primary N) is 1. The molecule has 0 aliphatic heterocycles. The Morgan fingerprint density at radius 3 is 2.47 bits per heavy atom. The van der Waals surface area contributed by atoms with Crippen LogP contribution < -0.4 is 10.5 Å². The molecule has 0 radical (unpaired) electrons. The lowest BCUT2D eigenvalue weighted by Crippen LogP contribution is -2.13. The summed E-state index contributed by atoms with van der Waals surface area (Å²) in [4.78, 5) is 0. The van der Waals surface area contributed by atoms with Crippen molar-refractivity contribution in [1.82, 2.24) is 20.2 Å². The topological polar surface area (TPSA) is 78.8 Å². The van der Waals surface area contributed by atoms with Crippen LogP contribution in [-0.2, 0) is 0 Å². The van der Waals surface area contributed by atoms with Gasteiger partial charge in [0.05, 0.1) is 18.3 Å². The summed E-state index contributed by atoms with van der Waals surface area (Å²) in [6.45, 7) is 6.78. The van der Waals surface area contributed by atoms with E-state index in [0.29, 0.717) is 18.3 Å². The van der Waals surface area contributed by atoms with Gasteiger partial charge in [-0.2, -0.15) is 4.68 Å². The third-order valence-corrected chi connectivity index (χ3v) is 2.57. The number of nitrogens with zero attached hydrogens (tertiary/aromatic N) is 4. The second-order valence-corrected chi connectivity index (χ2v) is 4.94. The molecule has 1 atom stereocenters. The van der Waals surface area contributed by atoms with E-state index in [1.807, 2.05) is 31.2 Å². The van der Waals surface area contributed by atoms with Crippen LogP contribution >= 0.6 is 0 Å². The van der Waals surface area contributed by atoms with Gasteiger partial charge in [0.1, 0.15) is 5.75 Å². The summed E-state index contributed by atoms with van der Waals surface area (Å²) < 4.78 is 7.27. The lowest BCUT2D eigenvalue weighted by Gasteiger charge is -2.10. The summed E-state index contributed by atoms with van der Waals surface area (Å²) in [6, 6.07) is 7.43. The van der Waals surface area contributed by atoms with Gasteiger partial charge in [0.15, 0.2) is 5.82 Å². The zero-order valence-electron chi connectivity index (χ0n) is 11.4. The standard InChI is InChI=1S/C13H19N5O/c1-9(2)8-19-12-6-4-11(5-7-12)18-13(10(3)14)15-16-17-18/h4-7,9-10H,8,14H2,1-3H3. The molecule has 2 aromatic rings. The van der Waals surface area contributed by atoms with E-state index < -0.39 is 0 Å². The summed E-state index contributed by atoms with van der Waals surface area (Å²) in [5.41, 5.74) is 6.69. The molecule has 0 saturated carbocycles. The molecule has 0 spiro atoms. The number of hydrogen-bond acceptors (Lipinski definition) is 5. The number of rotatable bonds is 5. The van der Waals surface area contributed by atoms with E-state index in [9.17, 15) is 0 Å². The fourth-order valence-electron chi connectivity index (χ4n) is 1.61. The maximum atomic E-state index is 5.82. The highest BCUT2D eigenvalue weighted by Crippen LogP contribution is 2.17. The van der Waals surface area contributed by atoms with Gasteiger partial charge < -0.3 is 10.5 Å². The van der Waals surface area contributed by atoms with E-state index in [1.165, 1.54) is 0 Å². The van der Waals surface area contributed by atoms with Gasteiger partial charge in [-0.1, -0.05) is 13.8 Å². The van der Waals surface area contributed by atoms with Crippen molar-refractivity contribution in [3.05, 3.63) is 30.1 Å². The minimum Gasteiger partial charge on any atom is -0.493 e. The zero-order chi connectivity index (χ0) is 13.8. The van der Waals surface area contributed by atoms with Crippen LogP contribution in [0.3, 0.4) is 0 Å². The molecule has 19 heavy (non-hydrogen) atoms. The van der Waals surface area contributed by atoms with E-state index in [1.54, 1.807) is 4.68 Å². The molecule has 2 rings (SSSR count). The molecule has 1 heterocycles. The first-order valence-electron chi connectivity index (χ1n) is 6.35. The number of ether oxygens (including phenoxy) is 1. The van der Waals surface area contributed by atoms with E-state index in [-0.39, 0.29) is 6.04 Å². The molecular formula is C13H19N5O. The van der Waals surface area contributed by atoms with Gasteiger partial charge in [-0.25, -0.2) is 0 Å². The summed E-state index contributed by atoms with van der Waals surface area (Å²) in [5, 5.41) is 11.5. The fraction of sp³-hybridized carbons (Fsp3) is 0.462. The Morgan fingerprint density at radius 1 is 1.21 bits per heavy atom. The predicted molar refractivity (Wildman–Crippen MR) is 72.1 cm³/mol. The molecule has 0 aliphatic carbocycles. The van der Waals surface area contributed by atoms with Gasteiger partial charge in [-0.05, 0) is 47.5 Å². The van der Waals surface area contributed by atoms with Crippen LogP contribution in [0.25, 0.3) is 5.69 Å². The lowest BCUT2D eigenvalue weighted by molar-refractivity contribution is 0.271. The number of aromatic nitrogens is 4. The molecule has 0 saturated heterocycles. The molecule has 2 N–H and O–H groups in total. The third kappa shape index (κ3) is 3.29. The quantitative estimate of drug-likeness (QED) is 0.886. The van der Waals surface area contributed by atoms with Gasteiger partial charge in [-0.3, -0.25) is 0 Å². The van der Waals surface area contributed by atoms with Crippen molar-refractivity contribution in [1.29, 1.82) is 0 Å². The molecular weight excluding hydrogens is 242 g/mol. The van der Waals surface area contributed by atoms with Crippen LogP contribution in [0.2, 0.25) is 0 Å². The van der Waals surface area contributed by atoms with Crippen LogP contribution in [0.15, 0.2) is 24.3 Å². The average molecular weight is 261 g/mol. The van der Waals surface area contributed by atoms with Crippen LogP contribution in [0.4, 0.5) is 0 Å². The van der Waals surface area contributed by atoms with Gasteiger partial charge in [-0.15, -0.1) is 5.10 Å². The first-order chi connectivity index (χ1) is 9.08. The molecule has 6 heteroatoms. The molecule has 1 unspecified atom stereocenters. The molecule has 102 valence electrons. The van der Waals surface area contributed by atoms with Crippen LogP contribution in [-0.4, -0.2) is 26.8 Å². The molecule has 0 bridgehead atoms. The van der Waals surface area contributed by atoms with Crippen molar-refractivity contribution >= 4 is 0 Å². The highest BCUT2D eigenvalue weighted by atomic mass is 16.5. The van der Waals surface area contributed by atoms with Crippen molar-refractivity contribution < 1.29 is 4.74 Å². The van der Waals surface area contributed by atoms with Crippen LogP contribution in [0, 0.1) is 5.92 Å². The molecule has 0 fully saturated rings. The molecule has 1 aromatic heterocycles. The zero-order valence-corrected chi connectivity index (χ0v) is 11.4. The second kappa shape index (κ2) is 5.79. The highest BCUT2D eigenvalue weighted by molar-refractivity contribution is 5.37. The van der Waals surface area contributed by atoms with Crippen LogP contribution in [0.5, 0.6) is 5.75 Å². The summed E-state index contributed by atoms with van der Waals surface area (Å²) in [7, 11) is 0. The Balaban J connectivity index is 2.16. The fourth-order valence-corrected chi connectivity index (χ4v) is 1.61. The maximum Gasteiger partial charge on any atom is 0.173 e. The number of benzene rings is 1. The number of hydrogen-bond donors (Lipinski definition) is 1.